The molecule has 3 atom stereocenters. The molecule has 12 heavy (non-hydrogen) atoms. The SMILES string of the molecule is CO[C@@H]1C=C[C@@H]2OCOC[C@H]2O1. The van der Waals surface area contributed by atoms with Crippen molar-refractivity contribution in [3.05, 3.63) is 12.2 Å². The van der Waals surface area contributed by atoms with Crippen molar-refractivity contribution in [2.75, 3.05) is 20.5 Å². The zero-order chi connectivity index (χ0) is 8.39. The van der Waals surface area contributed by atoms with Crippen LogP contribution in [0.4, 0.5) is 0 Å². The summed E-state index contributed by atoms with van der Waals surface area (Å²) in [4.78, 5) is 0. The van der Waals surface area contributed by atoms with E-state index in [9.17, 15) is 0 Å². The van der Waals surface area contributed by atoms with Gasteiger partial charge in [0.15, 0.2) is 6.29 Å². The average molecular weight is 172 g/mol. The molecular formula is C8H12O4. The third kappa shape index (κ3) is 1.51. The first-order valence-corrected chi connectivity index (χ1v) is 3.96. The first-order valence-electron chi connectivity index (χ1n) is 3.96. The lowest BCUT2D eigenvalue weighted by atomic mass is 10.1. The van der Waals surface area contributed by atoms with E-state index in [1.807, 2.05) is 12.2 Å². The molecule has 2 aliphatic rings. The van der Waals surface area contributed by atoms with E-state index in [1.54, 1.807) is 7.11 Å². The quantitative estimate of drug-likeness (QED) is 0.532. The van der Waals surface area contributed by atoms with Crippen molar-refractivity contribution in [1.82, 2.24) is 0 Å². The molecule has 4 heteroatoms. The summed E-state index contributed by atoms with van der Waals surface area (Å²) in [5.41, 5.74) is 0. The molecule has 4 nitrogen and oxygen atoms in total. The number of hydrogen-bond acceptors (Lipinski definition) is 4. The molecule has 1 fully saturated rings. The topological polar surface area (TPSA) is 36.9 Å². The highest BCUT2D eigenvalue weighted by Crippen LogP contribution is 2.19. The van der Waals surface area contributed by atoms with Gasteiger partial charge in [-0.15, -0.1) is 0 Å². The Labute approximate surface area is 71.0 Å². The highest BCUT2D eigenvalue weighted by Gasteiger charge is 2.30. The lowest BCUT2D eigenvalue weighted by Crippen LogP contribution is -2.44. The van der Waals surface area contributed by atoms with E-state index in [2.05, 4.69) is 0 Å². The van der Waals surface area contributed by atoms with Crippen LogP contribution in [0.5, 0.6) is 0 Å². The fourth-order valence-electron chi connectivity index (χ4n) is 1.34. The van der Waals surface area contributed by atoms with Crippen molar-refractivity contribution in [3.8, 4) is 0 Å². The van der Waals surface area contributed by atoms with E-state index in [4.69, 9.17) is 18.9 Å². The second-order valence-electron chi connectivity index (χ2n) is 2.78. The van der Waals surface area contributed by atoms with Crippen LogP contribution in [-0.2, 0) is 18.9 Å². The van der Waals surface area contributed by atoms with Crippen molar-refractivity contribution in [2.45, 2.75) is 18.5 Å². The predicted octanol–water partition coefficient (Wildman–Crippen LogP) is 0.287. The predicted molar refractivity (Wildman–Crippen MR) is 40.5 cm³/mol. The minimum Gasteiger partial charge on any atom is -0.353 e. The van der Waals surface area contributed by atoms with Crippen LogP contribution in [0.2, 0.25) is 0 Å². The van der Waals surface area contributed by atoms with Crippen LogP contribution in [0.15, 0.2) is 12.2 Å². The van der Waals surface area contributed by atoms with Crippen LogP contribution in [0.25, 0.3) is 0 Å². The fraction of sp³-hybridized carbons (Fsp3) is 0.750. The molecule has 1 saturated heterocycles. The third-order valence-corrected chi connectivity index (χ3v) is 1.99. The molecule has 0 N–H and O–H groups in total. The van der Waals surface area contributed by atoms with Gasteiger partial charge < -0.3 is 18.9 Å². The van der Waals surface area contributed by atoms with E-state index in [0.717, 1.165) is 0 Å². The summed E-state index contributed by atoms with van der Waals surface area (Å²) < 4.78 is 20.9. The van der Waals surface area contributed by atoms with Crippen molar-refractivity contribution < 1.29 is 18.9 Å². The molecule has 0 bridgehead atoms. The molecule has 0 aromatic heterocycles. The molecule has 0 radical (unpaired) electrons. The summed E-state index contributed by atoms with van der Waals surface area (Å²) >= 11 is 0. The van der Waals surface area contributed by atoms with Crippen LogP contribution in [0.3, 0.4) is 0 Å². The van der Waals surface area contributed by atoms with Gasteiger partial charge in [0.2, 0.25) is 0 Å². The molecule has 0 spiro atoms. The molecule has 0 unspecified atom stereocenters. The van der Waals surface area contributed by atoms with Crippen molar-refractivity contribution in [3.63, 3.8) is 0 Å². The third-order valence-electron chi connectivity index (χ3n) is 1.99. The maximum absolute atomic E-state index is 5.48. The van der Waals surface area contributed by atoms with E-state index in [1.165, 1.54) is 0 Å². The Kier molecular flexibility index (Phi) is 2.41. The zero-order valence-corrected chi connectivity index (χ0v) is 6.93. The number of rotatable bonds is 1. The lowest BCUT2D eigenvalue weighted by Gasteiger charge is -2.34. The van der Waals surface area contributed by atoms with Crippen LogP contribution in [0.1, 0.15) is 0 Å². The maximum Gasteiger partial charge on any atom is 0.177 e. The van der Waals surface area contributed by atoms with Crippen molar-refractivity contribution in [1.29, 1.82) is 0 Å². The molecular weight excluding hydrogens is 160 g/mol. The van der Waals surface area contributed by atoms with E-state index < -0.39 is 0 Å². The highest BCUT2D eigenvalue weighted by atomic mass is 16.7. The van der Waals surface area contributed by atoms with Gasteiger partial charge >= 0.3 is 0 Å². The number of hydrogen-bond donors (Lipinski definition) is 0. The van der Waals surface area contributed by atoms with Gasteiger partial charge in [0.25, 0.3) is 0 Å². The van der Waals surface area contributed by atoms with E-state index in [-0.39, 0.29) is 18.5 Å². The van der Waals surface area contributed by atoms with Crippen molar-refractivity contribution in [2.24, 2.45) is 0 Å². The van der Waals surface area contributed by atoms with Gasteiger partial charge in [-0.05, 0) is 6.08 Å². The Morgan fingerprint density at radius 1 is 1.42 bits per heavy atom. The van der Waals surface area contributed by atoms with Gasteiger partial charge in [0.1, 0.15) is 19.0 Å². The van der Waals surface area contributed by atoms with Gasteiger partial charge in [-0.1, -0.05) is 6.08 Å². The van der Waals surface area contributed by atoms with Crippen molar-refractivity contribution >= 4 is 0 Å². The summed E-state index contributed by atoms with van der Waals surface area (Å²) in [6.45, 7) is 0.932. The van der Waals surface area contributed by atoms with Gasteiger partial charge in [0, 0.05) is 7.11 Å². The summed E-state index contributed by atoms with van der Waals surface area (Å²) in [6.07, 6.45) is 3.58. The standard InChI is InChI=1S/C8H12O4/c1-9-8-3-2-6-7(12-8)4-10-5-11-6/h2-3,6-8H,4-5H2,1H3/t6-,7+,8-/m0/s1. The largest absolute Gasteiger partial charge is 0.353 e. The first-order chi connectivity index (χ1) is 5.90. The molecule has 68 valence electrons. The molecule has 0 aliphatic carbocycles. The molecule has 0 aromatic rings. The Bertz CT molecular complexity index is 180. The van der Waals surface area contributed by atoms with Crippen LogP contribution in [0, 0.1) is 0 Å². The lowest BCUT2D eigenvalue weighted by molar-refractivity contribution is -0.238. The summed E-state index contributed by atoms with van der Waals surface area (Å²) in [7, 11) is 1.61. The van der Waals surface area contributed by atoms with Gasteiger partial charge in [-0.3, -0.25) is 0 Å². The monoisotopic (exact) mass is 172 g/mol. The smallest absolute Gasteiger partial charge is 0.177 e. The first kappa shape index (κ1) is 8.19. The Morgan fingerprint density at radius 2 is 2.33 bits per heavy atom. The number of methoxy groups -OCH3 is 1. The summed E-state index contributed by atoms with van der Waals surface area (Å²) in [5, 5.41) is 0. The molecule has 0 amide bonds. The normalized spacial score (nSPS) is 40.9. The number of ether oxygens (including phenoxy) is 4. The molecule has 0 saturated carbocycles. The minimum atomic E-state index is -0.253. The molecule has 2 heterocycles. The van der Waals surface area contributed by atoms with Crippen LogP contribution < -0.4 is 0 Å². The second kappa shape index (κ2) is 3.53. The summed E-state index contributed by atoms with van der Waals surface area (Å²) in [5.74, 6) is 0. The summed E-state index contributed by atoms with van der Waals surface area (Å²) in [6, 6.07) is 0. The number of fused-ring (bicyclic) bond motifs is 1. The van der Waals surface area contributed by atoms with Gasteiger partial charge in [0.05, 0.1) is 6.61 Å². The Morgan fingerprint density at radius 3 is 3.17 bits per heavy atom. The second-order valence-corrected chi connectivity index (χ2v) is 2.78. The molecule has 2 aliphatic heterocycles. The zero-order valence-electron chi connectivity index (χ0n) is 6.93. The maximum atomic E-state index is 5.48. The minimum absolute atomic E-state index is 0.0197. The van der Waals surface area contributed by atoms with Crippen LogP contribution in [-0.4, -0.2) is 39.0 Å². The van der Waals surface area contributed by atoms with Gasteiger partial charge in [-0.2, -0.15) is 0 Å². The average Bonchev–Trinajstić information content (AvgIpc) is 2.17. The van der Waals surface area contributed by atoms with E-state index >= 15 is 0 Å². The molecule has 2 rings (SSSR count). The van der Waals surface area contributed by atoms with E-state index in [0.29, 0.717) is 13.4 Å². The van der Waals surface area contributed by atoms with Crippen LogP contribution >= 0.6 is 0 Å². The Balaban J connectivity index is 2.01. The Hall–Kier alpha value is -0.420. The highest BCUT2D eigenvalue weighted by molar-refractivity contribution is 5.01. The molecule has 0 aromatic carbocycles. The fourth-order valence-corrected chi connectivity index (χ4v) is 1.34. The van der Waals surface area contributed by atoms with Gasteiger partial charge in [-0.25, -0.2) is 0 Å².